The fourth-order valence-corrected chi connectivity index (χ4v) is 2.96. The topological polar surface area (TPSA) is 38.0 Å². The average Bonchev–Trinajstić information content (AvgIpc) is 2.55. The van der Waals surface area contributed by atoms with Crippen molar-refractivity contribution in [1.82, 2.24) is 5.32 Å². The minimum Gasteiger partial charge on any atom is -0.329 e. The number of halogens is 2. The van der Waals surface area contributed by atoms with Gasteiger partial charge >= 0.3 is 0 Å². The maximum Gasteiger partial charge on any atom is 0.107 e. The van der Waals surface area contributed by atoms with Crippen molar-refractivity contribution in [2.24, 2.45) is 5.73 Å². The standard InChI is InChI=1S/C10H12BrClN2S/c1-3-6(2)14-8(5-13)9-4-7(11)10(12)15-9/h1,4,6,8,14H,5,13H2,2H3. The van der Waals surface area contributed by atoms with Crippen molar-refractivity contribution in [1.29, 1.82) is 0 Å². The van der Waals surface area contributed by atoms with E-state index in [1.807, 2.05) is 13.0 Å². The largest absolute Gasteiger partial charge is 0.329 e. The van der Waals surface area contributed by atoms with Crippen LogP contribution in [0.25, 0.3) is 0 Å². The van der Waals surface area contributed by atoms with Gasteiger partial charge in [-0.2, -0.15) is 0 Å². The molecule has 0 fully saturated rings. The summed E-state index contributed by atoms with van der Waals surface area (Å²) in [5.74, 6) is 2.61. The molecule has 0 saturated heterocycles. The van der Waals surface area contributed by atoms with Crippen molar-refractivity contribution in [3.8, 4) is 12.3 Å². The van der Waals surface area contributed by atoms with E-state index in [4.69, 9.17) is 23.8 Å². The van der Waals surface area contributed by atoms with Crippen LogP contribution >= 0.6 is 38.9 Å². The molecule has 2 nitrogen and oxygen atoms in total. The SMILES string of the molecule is C#CC(C)NC(CN)c1cc(Br)c(Cl)s1. The summed E-state index contributed by atoms with van der Waals surface area (Å²) in [6, 6.07) is 2.03. The Bertz CT molecular complexity index is 352. The Hall–Kier alpha value is -0.0500. The summed E-state index contributed by atoms with van der Waals surface area (Å²) in [6.07, 6.45) is 5.30. The van der Waals surface area contributed by atoms with Gasteiger partial charge in [0.1, 0.15) is 4.34 Å². The molecular weight excluding hydrogens is 296 g/mol. The van der Waals surface area contributed by atoms with Crippen molar-refractivity contribution in [3.63, 3.8) is 0 Å². The Kier molecular flexibility index (Phi) is 5.10. The van der Waals surface area contributed by atoms with Crippen molar-refractivity contribution in [2.45, 2.75) is 19.0 Å². The zero-order chi connectivity index (χ0) is 11.4. The molecule has 0 aliphatic rings. The lowest BCUT2D eigenvalue weighted by molar-refractivity contribution is 0.525. The number of thiophene rings is 1. The quantitative estimate of drug-likeness (QED) is 0.840. The minimum atomic E-state index is -0.00167. The highest BCUT2D eigenvalue weighted by molar-refractivity contribution is 9.10. The molecule has 0 aliphatic carbocycles. The zero-order valence-electron chi connectivity index (χ0n) is 8.26. The molecule has 0 bridgehead atoms. The Balaban J connectivity index is 2.79. The molecule has 1 aromatic heterocycles. The highest BCUT2D eigenvalue weighted by Gasteiger charge is 2.15. The smallest absolute Gasteiger partial charge is 0.107 e. The molecule has 1 heterocycles. The van der Waals surface area contributed by atoms with Gasteiger partial charge in [0.2, 0.25) is 0 Å². The molecule has 2 atom stereocenters. The van der Waals surface area contributed by atoms with Gasteiger partial charge in [0.15, 0.2) is 0 Å². The summed E-state index contributed by atoms with van der Waals surface area (Å²) in [6.45, 7) is 2.42. The first-order valence-corrected chi connectivity index (χ1v) is 6.44. The van der Waals surface area contributed by atoms with Crippen molar-refractivity contribution in [3.05, 3.63) is 19.8 Å². The summed E-state index contributed by atoms with van der Waals surface area (Å²) >= 11 is 10.8. The third-order valence-corrected chi connectivity index (χ3v) is 4.53. The fraction of sp³-hybridized carbons (Fsp3) is 0.400. The normalized spacial score (nSPS) is 14.6. The van der Waals surface area contributed by atoms with E-state index in [1.54, 1.807) is 0 Å². The van der Waals surface area contributed by atoms with Gasteiger partial charge in [0.25, 0.3) is 0 Å². The Morgan fingerprint density at radius 2 is 2.47 bits per heavy atom. The van der Waals surface area contributed by atoms with Gasteiger partial charge in [-0.1, -0.05) is 17.5 Å². The predicted octanol–water partition coefficient (Wildman–Crippen LogP) is 2.78. The van der Waals surface area contributed by atoms with Gasteiger partial charge in [0, 0.05) is 15.9 Å². The third kappa shape index (κ3) is 3.47. The molecule has 0 aliphatic heterocycles. The Morgan fingerprint density at radius 1 is 1.80 bits per heavy atom. The fourth-order valence-electron chi connectivity index (χ4n) is 1.15. The van der Waals surface area contributed by atoms with Crippen LogP contribution in [0.1, 0.15) is 17.8 Å². The van der Waals surface area contributed by atoms with Crippen LogP contribution in [0.3, 0.4) is 0 Å². The van der Waals surface area contributed by atoms with E-state index in [0.717, 1.165) is 13.7 Å². The van der Waals surface area contributed by atoms with E-state index in [1.165, 1.54) is 11.3 Å². The van der Waals surface area contributed by atoms with E-state index in [9.17, 15) is 0 Å². The number of rotatable bonds is 4. The summed E-state index contributed by atoms with van der Waals surface area (Å²) < 4.78 is 1.64. The molecule has 1 rings (SSSR count). The lowest BCUT2D eigenvalue weighted by Gasteiger charge is -2.17. The molecule has 2 unspecified atom stereocenters. The first-order chi connectivity index (χ1) is 7.08. The molecule has 0 saturated carbocycles. The molecule has 82 valence electrons. The monoisotopic (exact) mass is 306 g/mol. The summed E-state index contributed by atoms with van der Waals surface area (Å²) in [5, 5.41) is 3.24. The average molecular weight is 308 g/mol. The minimum absolute atomic E-state index is 0.00167. The van der Waals surface area contributed by atoms with Crippen LogP contribution in [-0.2, 0) is 0 Å². The number of hydrogen-bond acceptors (Lipinski definition) is 3. The van der Waals surface area contributed by atoms with Gasteiger partial charge in [-0.05, 0) is 28.9 Å². The van der Waals surface area contributed by atoms with E-state index < -0.39 is 0 Å². The third-order valence-electron chi connectivity index (χ3n) is 1.94. The Morgan fingerprint density at radius 3 is 2.87 bits per heavy atom. The molecule has 15 heavy (non-hydrogen) atoms. The number of nitrogens with two attached hydrogens (primary N) is 1. The van der Waals surface area contributed by atoms with Gasteiger partial charge in [-0.25, -0.2) is 0 Å². The zero-order valence-corrected chi connectivity index (χ0v) is 11.4. The predicted molar refractivity (Wildman–Crippen MR) is 70.3 cm³/mol. The van der Waals surface area contributed by atoms with Gasteiger partial charge < -0.3 is 5.73 Å². The van der Waals surface area contributed by atoms with E-state index in [0.29, 0.717) is 6.54 Å². The second kappa shape index (κ2) is 5.88. The summed E-state index contributed by atoms with van der Waals surface area (Å²) in [5.41, 5.74) is 5.68. The van der Waals surface area contributed by atoms with Crippen molar-refractivity contribution >= 4 is 38.9 Å². The maximum absolute atomic E-state index is 5.96. The van der Waals surface area contributed by atoms with Crippen molar-refractivity contribution < 1.29 is 0 Å². The molecular formula is C10H12BrClN2S. The van der Waals surface area contributed by atoms with Crippen LogP contribution in [0.15, 0.2) is 10.5 Å². The van der Waals surface area contributed by atoms with Crippen LogP contribution in [-0.4, -0.2) is 12.6 Å². The van der Waals surface area contributed by atoms with Crippen molar-refractivity contribution in [2.75, 3.05) is 6.54 Å². The van der Waals surface area contributed by atoms with Crippen LogP contribution in [0.4, 0.5) is 0 Å². The maximum atomic E-state index is 5.96. The second-order valence-corrected chi connectivity index (χ2v) is 5.65. The second-order valence-electron chi connectivity index (χ2n) is 3.11. The lowest BCUT2D eigenvalue weighted by Crippen LogP contribution is -2.33. The molecule has 0 spiro atoms. The van der Waals surface area contributed by atoms with E-state index in [-0.39, 0.29) is 12.1 Å². The molecule has 5 heteroatoms. The number of nitrogens with one attached hydrogen (secondary N) is 1. The summed E-state index contributed by atoms with van der Waals surface area (Å²) in [4.78, 5) is 1.09. The summed E-state index contributed by atoms with van der Waals surface area (Å²) in [7, 11) is 0. The Labute approximate surface area is 107 Å². The van der Waals surface area contributed by atoms with Crippen LogP contribution < -0.4 is 11.1 Å². The first kappa shape index (κ1) is 13.0. The number of hydrogen-bond donors (Lipinski definition) is 2. The molecule has 0 radical (unpaired) electrons. The van der Waals surface area contributed by atoms with Crippen LogP contribution in [0.5, 0.6) is 0 Å². The molecule has 3 N–H and O–H groups in total. The molecule has 0 amide bonds. The van der Waals surface area contributed by atoms with Gasteiger partial charge in [-0.15, -0.1) is 17.8 Å². The number of terminal acetylenes is 1. The lowest BCUT2D eigenvalue weighted by atomic mass is 10.2. The van der Waals surface area contributed by atoms with Gasteiger partial charge in [0.05, 0.1) is 12.1 Å². The molecule has 0 aromatic carbocycles. The van der Waals surface area contributed by atoms with Crippen LogP contribution in [0.2, 0.25) is 4.34 Å². The van der Waals surface area contributed by atoms with E-state index in [2.05, 4.69) is 27.2 Å². The van der Waals surface area contributed by atoms with Gasteiger partial charge in [-0.3, -0.25) is 5.32 Å². The first-order valence-electron chi connectivity index (χ1n) is 4.45. The molecule has 1 aromatic rings. The van der Waals surface area contributed by atoms with Crippen LogP contribution in [0, 0.1) is 12.3 Å². The van der Waals surface area contributed by atoms with E-state index >= 15 is 0 Å². The highest BCUT2D eigenvalue weighted by atomic mass is 79.9. The highest BCUT2D eigenvalue weighted by Crippen LogP contribution is 2.34.